The number of carbonyl (C=O) groups is 1. The fourth-order valence-corrected chi connectivity index (χ4v) is 1.76. The SMILES string of the molecule is COc1ccc(/C=C/C(=O)Cc2ccccc2)cc1. The molecule has 0 aromatic heterocycles. The number of carbonyl (C=O) groups excluding carboxylic acids is 1. The molecule has 2 aromatic rings. The molecule has 2 heteroatoms. The first-order valence-corrected chi connectivity index (χ1v) is 6.17. The number of hydrogen-bond donors (Lipinski definition) is 0. The van der Waals surface area contributed by atoms with Gasteiger partial charge in [-0.2, -0.15) is 0 Å². The molecule has 0 aliphatic heterocycles. The maximum Gasteiger partial charge on any atom is 0.160 e. The molecule has 2 aromatic carbocycles. The van der Waals surface area contributed by atoms with Gasteiger partial charge in [0.25, 0.3) is 0 Å². The molecule has 2 nitrogen and oxygen atoms in total. The number of allylic oxidation sites excluding steroid dienone is 1. The molecule has 0 unspecified atom stereocenters. The molecule has 0 N–H and O–H groups in total. The largest absolute Gasteiger partial charge is 0.497 e. The number of rotatable bonds is 5. The summed E-state index contributed by atoms with van der Waals surface area (Å²) in [6.07, 6.45) is 3.88. The molecule has 0 bridgehead atoms. The van der Waals surface area contributed by atoms with E-state index in [1.165, 1.54) is 0 Å². The summed E-state index contributed by atoms with van der Waals surface area (Å²) in [6.45, 7) is 0. The molecule has 0 heterocycles. The van der Waals surface area contributed by atoms with E-state index in [0.29, 0.717) is 6.42 Å². The van der Waals surface area contributed by atoms with Crippen LogP contribution in [0.15, 0.2) is 60.7 Å². The predicted octanol–water partition coefficient (Wildman–Crippen LogP) is 3.52. The zero-order valence-electron chi connectivity index (χ0n) is 10.9. The van der Waals surface area contributed by atoms with Crippen molar-refractivity contribution in [1.29, 1.82) is 0 Å². The van der Waals surface area contributed by atoms with E-state index in [-0.39, 0.29) is 5.78 Å². The third kappa shape index (κ3) is 4.11. The summed E-state index contributed by atoms with van der Waals surface area (Å²) >= 11 is 0. The number of ether oxygens (including phenoxy) is 1. The standard InChI is InChI=1S/C17H16O2/c1-19-17-11-8-14(9-12-17)7-10-16(18)13-15-5-3-2-4-6-15/h2-12H,13H2,1H3/b10-7+. The average molecular weight is 252 g/mol. The molecule has 0 saturated carbocycles. The minimum Gasteiger partial charge on any atom is -0.497 e. The Morgan fingerprint density at radius 3 is 2.37 bits per heavy atom. The topological polar surface area (TPSA) is 26.3 Å². The Morgan fingerprint density at radius 1 is 1.05 bits per heavy atom. The van der Waals surface area contributed by atoms with Gasteiger partial charge >= 0.3 is 0 Å². The van der Waals surface area contributed by atoms with Gasteiger partial charge in [-0.05, 0) is 29.3 Å². The second-order valence-electron chi connectivity index (χ2n) is 4.24. The molecule has 0 saturated heterocycles. The third-order valence-electron chi connectivity index (χ3n) is 2.80. The van der Waals surface area contributed by atoms with Crippen LogP contribution in [0, 0.1) is 0 Å². The first kappa shape index (κ1) is 13.1. The van der Waals surface area contributed by atoms with E-state index in [2.05, 4.69) is 0 Å². The molecular formula is C17H16O2. The Morgan fingerprint density at radius 2 is 1.74 bits per heavy atom. The number of ketones is 1. The Labute approximate surface area is 113 Å². The molecule has 0 atom stereocenters. The predicted molar refractivity (Wildman–Crippen MR) is 77.2 cm³/mol. The lowest BCUT2D eigenvalue weighted by Crippen LogP contribution is -1.97. The maximum absolute atomic E-state index is 11.8. The maximum atomic E-state index is 11.8. The van der Waals surface area contributed by atoms with Gasteiger partial charge in [0.2, 0.25) is 0 Å². The minimum atomic E-state index is 0.0991. The van der Waals surface area contributed by atoms with Crippen LogP contribution in [0.4, 0.5) is 0 Å². The molecule has 19 heavy (non-hydrogen) atoms. The smallest absolute Gasteiger partial charge is 0.160 e. The van der Waals surface area contributed by atoms with Gasteiger partial charge in [-0.25, -0.2) is 0 Å². The Bertz CT molecular complexity index is 554. The van der Waals surface area contributed by atoms with Crippen molar-refractivity contribution in [3.63, 3.8) is 0 Å². The summed E-state index contributed by atoms with van der Waals surface area (Å²) in [6, 6.07) is 17.3. The van der Waals surface area contributed by atoms with Crippen molar-refractivity contribution in [2.24, 2.45) is 0 Å². The van der Waals surface area contributed by atoms with E-state index in [1.54, 1.807) is 13.2 Å². The zero-order chi connectivity index (χ0) is 13.5. The van der Waals surface area contributed by atoms with Gasteiger partial charge in [-0.1, -0.05) is 48.5 Å². The van der Waals surface area contributed by atoms with Crippen molar-refractivity contribution >= 4 is 11.9 Å². The fourth-order valence-electron chi connectivity index (χ4n) is 1.76. The zero-order valence-corrected chi connectivity index (χ0v) is 10.9. The summed E-state index contributed by atoms with van der Waals surface area (Å²) < 4.78 is 5.08. The summed E-state index contributed by atoms with van der Waals surface area (Å²) in [4.78, 5) is 11.8. The summed E-state index contributed by atoms with van der Waals surface area (Å²) in [5.74, 6) is 0.912. The van der Waals surface area contributed by atoms with E-state index in [0.717, 1.165) is 16.9 Å². The lowest BCUT2D eigenvalue weighted by Gasteiger charge is -1.99. The Hall–Kier alpha value is -2.35. The van der Waals surface area contributed by atoms with Crippen molar-refractivity contribution < 1.29 is 9.53 Å². The van der Waals surface area contributed by atoms with Gasteiger partial charge in [0.1, 0.15) is 5.75 Å². The summed E-state index contributed by atoms with van der Waals surface area (Å²) in [5, 5.41) is 0. The molecule has 0 amide bonds. The normalized spacial score (nSPS) is 10.6. The van der Waals surface area contributed by atoms with Crippen molar-refractivity contribution in [2.75, 3.05) is 7.11 Å². The Balaban J connectivity index is 1.96. The van der Waals surface area contributed by atoms with E-state index >= 15 is 0 Å². The number of benzene rings is 2. The van der Waals surface area contributed by atoms with Crippen LogP contribution in [0.5, 0.6) is 5.75 Å². The lowest BCUT2D eigenvalue weighted by molar-refractivity contribution is -0.113. The quantitative estimate of drug-likeness (QED) is 0.761. The highest BCUT2D eigenvalue weighted by molar-refractivity contribution is 5.95. The monoisotopic (exact) mass is 252 g/mol. The molecule has 0 fully saturated rings. The Kier molecular flexibility index (Phi) is 4.51. The van der Waals surface area contributed by atoms with Gasteiger partial charge in [0.15, 0.2) is 5.78 Å². The molecular weight excluding hydrogens is 236 g/mol. The van der Waals surface area contributed by atoms with Crippen LogP contribution in [0.25, 0.3) is 6.08 Å². The van der Waals surface area contributed by atoms with Crippen LogP contribution in [0.3, 0.4) is 0 Å². The van der Waals surface area contributed by atoms with Crippen LogP contribution in [-0.2, 0) is 11.2 Å². The van der Waals surface area contributed by atoms with Crippen molar-refractivity contribution in [1.82, 2.24) is 0 Å². The molecule has 0 spiro atoms. The van der Waals surface area contributed by atoms with E-state index in [4.69, 9.17) is 4.74 Å². The van der Waals surface area contributed by atoms with E-state index < -0.39 is 0 Å². The first-order chi connectivity index (χ1) is 9.28. The van der Waals surface area contributed by atoms with Crippen LogP contribution in [0.2, 0.25) is 0 Å². The lowest BCUT2D eigenvalue weighted by atomic mass is 10.1. The highest BCUT2D eigenvalue weighted by Gasteiger charge is 1.98. The molecule has 0 aliphatic rings. The summed E-state index contributed by atoms with van der Waals surface area (Å²) in [7, 11) is 1.63. The molecule has 2 rings (SSSR count). The van der Waals surface area contributed by atoms with Crippen LogP contribution in [0.1, 0.15) is 11.1 Å². The highest BCUT2D eigenvalue weighted by atomic mass is 16.5. The van der Waals surface area contributed by atoms with Crippen molar-refractivity contribution in [3.8, 4) is 5.75 Å². The fraction of sp³-hybridized carbons (Fsp3) is 0.118. The molecule has 96 valence electrons. The number of methoxy groups -OCH3 is 1. The highest BCUT2D eigenvalue weighted by Crippen LogP contribution is 2.12. The van der Waals surface area contributed by atoms with Crippen molar-refractivity contribution in [3.05, 3.63) is 71.8 Å². The second kappa shape index (κ2) is 6.55. The van der Waals surface area contributed by atoms with Gasteiger partial charge in [0.05, 0.1) is 7.11 Å². The van der Waals surface area contributed by atoms with Gasteiger partial charge in [0, 0.05) is 6.42 Å². The minimum absolute atomic E-state index is 0.0991. The molecule has 0 radical (unpaired) electrons. The number of hydrogen-bond acceptors (Lipinski definition) is 2. The van der Waals surface area contributed by atoms with Gasteiger partial charge < -0.3 is 4.74 Å². The second-order valence-corrected chi connectivity index (χ2v) is 4.24. The van der Waals surface area contributed by atoms with Crippen LogP contribution >= 0.6 is 0 Å². The first-order valence-electron chi connectivity index (χ1n) is 6.17. The van der Waals surface area contributed by atoms with Gasteiger partial charge in [-0.3, -0.25) is 4.79 Å². The van der Waals surface area contributed by atoms with Crippen molar-refractivity contribution in [2.45, 2.75) is 6.42 Å². The summed E-state index contributed by atoms with van der Waals surface area (Å²) in [5.41, 5.74) is 2.02. The van der Waals surface area contributed by atoms with Crippen LogP contribution < -0.4 is 4.74 Å². The van der Waals surface area contributed by atoms with Gasteiger partial charge in [-0.15, -0.1) is 0 Å². The van der Waals surface area contributed by atoms with Crippen LogP contribution in [-0.4, -0.2) is 12.9 Å². The third-order valence-corrected chi connectivity index (χ3v) is 2.80. The molecule has 0 aliphatic carbocycles. The van der Waals surface area contributed by atoms with E-state index in [1.807, 2.05) is 60.7 Å². The average Bonchev–Trinajstić information content (AvgIpc) is 2.47. The van der Waals surface area contributed by atoms with E-state index in [9.17, 15) is 4.79 Å².